The summed E-state index contributed by atoms with van der Waals surface area (Å²) in [5.74, 6) is 0.899. The van der Waals surface area contributed by atoms with Crippen molar-refractivity contribution in [3.63, 3.8) is 0 Å². The molecule has 2 saturated heterocycles. The number of nitrogens with zero attached hydrogens (tertiary/aromatic N) is 4. The summed E-state index contributed by atoms with van der Waals surface area (Å²) in [5, 5.41) is 15.0. The van der Waals surface area contributed by atoms with Crippen LogP contribution in [0.1, 0.15) is 38.1 Å². The lowest BCUT2D eigenvalue weighted by Crippen LogP contribution is -2.46. The Hall–Kier alpha value is -2.52. The van der Waals surface area contributed by atoms with Crippen molar-refractivity contribution < 1.29 is 19.0 Å². The molecule has 9 heteroatoms. The Labute approximate surface area is 168 Å². The lowest BCUT2D eigenvalue weighted by molar-refractivity contribution is -0.127. The molecule has 3 fully saturated rings. The number of amides is 1. The molecule has 5 rings (SSSR count). The smallest absolute Gasteiger partial charge is 0.341 e. The molecule has 1 aromatic carbocycles. The zero-order valence-corrected chi connectivity index (χ0v) is 16.1. The van der Waals surface area contributed by atoms with E-state index in [2.05, 4.69) is 20.8 Å². The zero-order chi connectivity index (χ0) is 19.6. The van der Waals surface area contributed by atoms with Crippen LogP contribution in [0, 0.1) is 5.92 Å². The Balaban J connectivity index is 1.25. The first-order valence-electron chi connectivity index (χ1n) is 10.3. The maximum Gasteiger partial charge on any atom is 0.341 e. The zero-order valence-electron chi connectivity index (χ0n) is 16.1. The van der Waals surface area contributed by atoms with Gasteiger partial charge in [0.25, 0.3) is 0 Å². The summed E-state index contributed by atoms with van der Waals surface area (Å²) in [6, 6.07) is 9.32. The van der Waals surface area contributed by atoms with Crippen molar-refractivity contribution in [3.05, 3.63) is 30.3 Å². The monoisotopic (exact) mass is 399 g/mol. The largest absolute Gasteiger partial charge is 0.423 e. The second-order valence-electron chi connectivity index (χ2n) is 7.93. The second-order valence-corrected chi connectivity index (χ2v) is 7.93. The van der Waals surface area contributed by atoms with Crippen molar-refractivity contribution in [1.82, 2.24) is 25.5 Å². The molecule has 0 unspecified atom stereocenters. The highest BCUT2D eigenvalue weighted by Crippen LogP contribution is 2.36. The molecule has 1 saturated carbocycles. The van der Waals surface area contributed by atoms with Crippen molar-refractivity contribution in [1.29, 1.82) is 0 Å². The average Bonchev–Trinajstić information content (AvgIpc) is 3.47. The van der Waals surface area contributed by atoms with Gasteiger partial charge in [0.1, 0.15) is 24.0 Å². The standard InChI is InChI=1S/C20H25N5O4/c26-19(13-7-3-1-4-8-13)21-15-11-27-18-16(12-28-17(15)18)25-20(22-23-24-25)29-14-9-5-2-6-10-14/h2,5-6,9-10,13,15-18H,1,3-4,7-8,11-12H2,(H,21,26)/t15-,16-,17+,18+/m0/s1. The third-order valence-electron chi connectivity index (χ3n) is 6.06. The molecule has 0 bridgehead atoms. The number of hydrogen-bond donors (Lipinski definition) is 1. The summed E-state index contributed by atoms with van der Waals surface area (Å²) < 4.78 is 19.5. The van der Waals surface area contributed by atoms with Crippen LogP contribution < -0.4 is 10.1 Å². The van der Waals surface area contributed by atoms with E-state index in [1.165, 1.54) is 6.42 Å². The second kappa shape index (κ2) is 8.08. The third kappa shape index (κ3) is 3.72. The van der Waals surface area contributed by atoms with Crippen LogP contribution >= 0.6 is 0 Å². The molecule has 4 atom stereocenters. The molecule has 1 N–H and O–H groups in total. The highest BCUT2D eigenvalue weighted by atomic mass is 16.6. The van der Waals surface area contributed by atoms with Gasteiger partial charge in [-0.05, 0) is 35.4 Å². The normalized spacial score (nSPS) is 29.5. The molecule has 1 amide bonds. The summed E-state index contributed by atoms with van der Waals surface area (Å²) in [5.41, 5.74) is 0. The quantitative estimate of drug-likeness (QED) is 0.819. The maximum atomic E-state index is 12.6. The summed E-state index contributed by atoms with van der Waals surface area (Å²) in [4.78, 5) is 12.6. The number of benzene rings is 1. The van der Waals surface area contributed by atoms with Crippen molar-refractivity contribution in [3.8, 4) is 11.8 Å². The van der Waals surface area contributed by atoms with Crippen molar-refractivity contribution in [2.45, 2.75) is 56.4 Å². The van der Waals surface area contributed by atoms with Crippen LogP contribution in [-0.4, -0.2) is 57.6 Å². The number of aromatic nitrogens is 4. The Morgan fingerprint density at radius 2 is 1.86 bits per heavy atom. The van der Waals surface area contributed by atoms with Crippen LogP contribution in [0.25, 0.3) is 0 Å². The lowest BCUT2D eigenvalue weighted by atomic mass is 9.88. The van der Waals surface area contributed by atoms with Crippen LogP contribution in [0.15, 0.2) is 30.3 Å². The molecule has 0 radical (unpaired) electrons. The molecule has 2 aromatic rings. The highest BCUT2D eigenvalue weighted by molar-refractivity contribution is 5.79. The summed E-state index contributed by atoms with van der Waals surface area (Å²) >= 11 is 0. The number of ether oxygens (including phenoxy) is 3. The van der Waals surface area contributed by atoms with Gasteiger partial charge < -0.3 is 19.5 Å². The van der Waals surface area contributed by atoms with E-state index in [0.29, 0.717) is 25.0 Å². The minimum Gasteiger partial charge on any atom is -0.423 e. The van der Waals surface area contributed by atoms with Gasteiger partial charge in [0.2, 0.25) is 5.91 Å². The van der Waals surface area contributed by atoms with Gasteiger partial charge in [-0.3, -0.25) is 4.79 Å². The van der Waals surface area contributed by atoms with E-state index in [-0.39, 0.29) is 36.1 Å². The van der Waals surface area contributed by atoms with E-state index >= 15 is 0 Å². The van der Waals surface area contributed by atoms with Crippen LogP contribution in [0.2, 0.25) is 0 Å². The molecule has 1 aromatic heterocycles. The molecular weight excluding hydrogens is 374 g/mol. The number of fused-ring (bicyclic) bond motifs is 1. The summed E-state index contributed by atoms with van der Waals surface area (Å²) in [7, 11) is 0. The minimum atomic E-state index is -0.228. The topological polar surface area (TPSA) is 100 Å². The Bertz CT molecular complexity index is 838. The van der Waals surface area contributed by atoms with E-state index in [4.69, 9.17) is 14.2 Å². The van der Waals surface area contributed by atoms with Gasteiger partial charge in [-0.15, -0.1) is 0 Å². The SMILES string of the molecule is O=C(N[C@H]1CO[C@H]2[C@@H]1OC[C@@H]2n1nnnc1Oc1ccccc1)C1CCCCC1. The number of carbonyl (C=O) groups is 1. The number of nitrogens with one attached hydrogen (secondary N) is 1. The number of tetrazole rings is 1. The molecule has 9 nitrogen and oxygen atoms in total. The van der Waals surface area contributed by atoms with Crippen molar-refractivity contribution in [2.24, 2.45) is 5.92 Å². The first-order chi connectivity index (χ1) is 14.3. The third-order valence-corrected chi connectivity index (χ3v) is 6.06. The van der Waals surface area contributed by atoms with Gasteiger partial charge in [0.15, 0.2) is 0 Å². The Kier molecular flexibility index (Phi) is 5.15. The number of carbonyl (C=O) groups excluding carboxylic acids is 1. The van der Waals surface area contributed by atoms with Gasteiger partial charge in [0.05, 0.1) is 19.3 Å². The first kappa shape index (κ1) is 18.5. The van der Waals surface area contributed by atoms with E-state index in [1.807, 2.05) is 30.3 Å². The van der Waals surface area contributed by atoms with E-state index in [1.54, 1.807) is 4.68 Å². The van der Waals surface area contributed by atoms with Crippen LogP contribution in [0.5, 0.6) is 11.8 Å². The fraction of sp³-hybridized carbons (Fsp3) is 0.600. The van der Waals surface area contributed by atoms with Crippen LogP contribution in [-0.2, 0) is 14.3 Å². The number of hydrogen-bond acceptors (Lipinski definition) is 7. The number of rotatable bonds is 5. The van der Waals surface area contributed by atoms with Crippen molar-refractivity contribution >= 4 is 5.91 Å². The minimum absolute atomic E-state index is 0.116. The van der Waals surface area contributed by atoms with Gasteiger partial charge in [-0.1, -0.05) is 42.6 Å². The van der Waals surface area contributed by atoms with Crippen molar-refractivity contribution in [2.75, 3.05) is 13.2 Å². The van der Waals surface area contributed by atoms with E-state index in [0.717, 1.165) is 25.7 Å². The molecule has 3 heterocycles. The molecule has 0 spiro atoms. The average molecular weight is 399 g/mol. The molecule has 3 aliphatic rings. The van der Waals surface area contributed by atoms with Crippen LogP contribution in [0.4, 0.5) is 0 Å². The predicted octanol–water partition coefficient (Wildman–Crippen LogP) is 1.87. The Morgan fingerprint density at radius 1 is 1.07 bits per heavy atom. The predicted molar refractivity (Wildman–Crippen MR) is 101 cm³/mol. The first-order valence-corrected chi connectivity index (χ1v) is 10.3. The van der Waals surface area contributed by atoms with Gasteiger partial charge in [-0.2, -0.15) is 4.68 Å². The number of para-hydroxylation sites is 1. The molecular formula is C20H25N5O4. The van der Waals surface area contributed by atoms with Gasteiger partial charge >= 0.3 is 6.01 Å². The van der Waals surface area contributed by atoms with Gasteiger partial charge in [-0.25, -0.2) is 0 Å². The fourth-order valence-corrected chi connectivity index (χ4v) is 4.53. The highest BCUT2D eigenvalue weighted by Gasteiger charge is 2.50. The van der Waals surface area contributed by atoms with E-state index < -0.39 is 0 Å². The van der Waals surface area contributed by atoms with E-state index in [9.17, 15) is 4.79 Å². The fourth-order valence-electron chi connectivity index (χ4n) is 4.53. The van der Waals surface area contributed by atoms with Crippen LogP contribution in [0.3, 0.4) is 0 Å². The summed E-state index contributed by atoms with van der Waals surface area (Å²) in [6.45, 7) is 0.836. The molecule has 2 aliphatic heterocycles. The molecule has 1 aliphatic carbocycles. The van der Waals surface area contributed by atoms with Gasteiger partial charge in [0, 0.05) is 5.92 Å². The summed E-state index contributed by atoms with van der Waals surface area (Å²) in [6.07, 6.45) is 5.00. The maximum absolute atomic E-state index is 12.6. The molecule has 154 valence electrons. The Morgan fingerprint density at radius 3 is 2.69 bits per heavy atom. The molecule has 29 heavy (non-hydrogen) atoms. The lowest BCUT2D eigenvalue weighted by Gasteiger charge is -2.24.